The Kier molecular flexibility index (Phi) is 4.19. The van der Waals surface area contributed by atoms with Gasteiger partial charge in [0.05, 0.1) is 5.25 Å². The monoisotopic (exact) mass is 269 g/mol. The van der Waals surface area contributed by atoms with Gasteiger partial charge in [-0.15, -0.1) is 0 Å². The molecule has 1 rings (SSSR count). The maximum absolute atomic E-state index is 11.4. The minimum Gasteiger partial charge on any atom is -0.212 e. The summed E-state index contributed by atoms with van der Waals surface area (Å²) in [5.41, 5.74) is 0. The van der Waals surface area contributed by atoms with E-state index in [1.165, 1.54) is 0 Å². The third-order valence-electron chi connectivity index (χ3n) is 2.10. The molecule has 1 fully saturated rings. The van der Waals surface area contributed by atoms with Crippen LogP contribution in [0, 0.1) is 0 Å². The van der Waals surface area contributed by atoms with Crippen LogP contribution < -0.4 is 4.72 Å². The van der Waals surface area contributed by atoms with Crippen molar-refractivity contribution in [3.8, 4) is 0 Å². The average Bonchev–Trinajstić information content (AvgIpc) is 2.81. The van der Waals surface area contributed by atoms with Crippen molar-refractivity contribution in [3.05, 3.63) is 0 Å². The van der Waals surface area contributed by atoms with Gasteiger partial charge in [-0.25, -0.2) is 13.1 Å². The van der Waals surface area contributed by atoms with Gasteiger partial charge in [0, 0.05) is 11.4 Å². The molecule has 0 amide bonds. The average molecular weight is 270 g/mol. The van der Waals surface area contributed by atoms with Gasteiger partial charge in [-0.1, -0.05) is 15.9 Å². The Morgan fingerprint density at radius 1 is 1.54 bits per heavy atom. The summed E-state index contributed by atoms with van der Waals surface area (Å²) in [6, 6.07) is 0.0724. The second kappa shape index (κ2) is 4.75. The smallest absolute Gasteiger partial charge is 0.212 e. The van der Waals surface area contributed by atoms with Crippen LogP contribution >= 0.6 is 15.9 Å². The second-order valence-electron chi connectivity index (χ2n) is 3.59. The summed E-state index contributed by atoms with van der Waals surface area (Å²) in [7, 11) is -2.98. The largest absolute Gasteiger partial charge is 0.214 e. The third kappa shape index (κ3) is 3.95. The number of sulfonamides is 1. The van der Waals surface area contributed by atoms with Crippen molar-refractivity contribution in [1.82, 2.24) is 4.72 Å². The predicted molar refractivity (Wildman–Crippen MR) is 57.6 cm³/mol. The molecule has 0 aromatic carbocycles. The fourth-order valence-electron chi connectivity index (χ4n) is 1.20. The van der Waals surface area contributed by atoms with Gasteiger partial charge in [0.1, 0.15) is 0 Å². The number of hydrogen-bond donors (Lipinski definition) is 1. The van der Waals surface area contributed by atoms with Crippen LogP contribution in [0.3, 0.4) is 0 Å². The molecule has 1 atom stereocenters. The Labute approximate surface area is 88.5 Å². The van der Waals surface area contributed by atoms with Gasteiger partial charge in [0.2, 0.25) is 10.0 Å². The summed E-state index contributed by atoms with van der Waals surface area (Å²) in [5.74, 6) is 0. The fourth-order valence-corrected chi connectivity index (χ4v) is 3.15. The van der Waals surface area contributed by atoms with Crippen molar-refractivity contribution >= 4 is 26.0 Å². The molecule has 0 bridgehead atoms. The van der Waals surface area contributed by atoms with Gasteiger partial charge >= 0.3 is 0 Å². The van der Waals surface area contributed by atoms with Crippen molar-refractivity contribution in [2.75, 3.05) is 5.33 Å². The van der Waals surface area contributed by atoms with E-state index >= 15 is 0 Å². The van der Waals surface area contributed by atoms with E-state index in [2.05, 4.69) is 20.7 Å². The molecule has 5 heteroatoms. The van der Waals surface area contributed by atoms with Crippen LogP contribution in [0.4, 0.5) is 0 Å². The van der Waals surface area contributed by atoms with E-state index < -0.39 is 10.0 Å². The lowest BCUT2D eigenvalue weighted by atomic mass is 10.2. The summed E-state index contributed by atoms with van der Waals surface area (Å²) in [6.07, 6.45) is 3.58. The van der Waals surface area contributed by atoms with Gasteiger partial charge in [-0.2, -0.15) is 0 Å². The van der Waals surface area contributed by atoms with Crippen LogP contribution in [0.1, 0.15) is 32.6 Å². The highest BCUT2D eigenvalue weighted by Crippen LogP contribution is 2.27. The van der Waals surface area contributed by atoms with Crippen molar-refractivity contribution in [2.24, 2.45) is 0 Å². The minimum absolute atomic E-state index is 0.0724. The quantitative estimate of drug-likeness (QED) is 0.746. The Morgan fingerprint density at radius 3 is 2.62 bits per heavy atom. The van der Waals surface area contributed by atoms with Gasteiger partial charge in [-0.05, 0) is 32.6 Å². The molecule has 1 saturated carbocycles. The number of nitrogens with one attached hydrogen (secondary N) is 1. The highest BCUT2D eigenvalue weighted by molar-refractivity contribution is 9.09. The maximum atomic E-state index is 11.4. The van der Waals surface area contributed by atoms with Gasteiger partial charge < -0.3 is 0 Å². The molecule has 0 radical (unpaired) electrons. The first-order valence-electron chi connectivity index (χ1n) is 4.63. The van der Waals surface area contributed by atoms with Crippen molar-refractivity contribution in [2.45, 2.75) is 43.9 Å². The molecule has 0 aliphatic heterocycles. The number of hydrogen-bond acceptors (Lipinski definition) is 2. The summed E-state index contributed by atoms with van der Waals surface area (Å²) >= 11 is 3.32. The van der Waals surface area contributed by atoms with Gasteiger partial charge in [0.15, 0.2) is 0 Å². The van der Waals surface area contributed by atoms with E-state index in [4.69, 9.17) is 0 Å². The zero-order valence-electron chi connectivity index (χ0n) is 7.79. The summed E-state index contributed by atoms with van der Waals surface area (Å²) in [4.78, 5) is 0. The topological polar surface area (TPSA) is 46.2 Å². The summed E-state index contributed by atoms with van der Waals surface area (Å²) in [6.45, 7) is 1.92. The standard InChI is InChI=1S/C8H16BrNO2S/c1-7(3-2-6-9)10-13(11,12)8-4-5-8/h7-8,10H,2-6H2,1H3. The molecule has 1 unspecified atom stereocenters. The van der Waals surface area contributed by atoms with Crippen molar-refractivity contribution in [3.63, 3.8) is 0 Å². The summed E-state index contributed by atoms with van der Waals surface area (Å²) in [5, 5.41) is 0.835. The fraction of sp³-hybridized carbons (Fsp3) is 1.00. The second-order valence-corrected chi connectivity index (χ2v) is 6.38. The van der Waals surface area contributed by atoms with Crippen LogP contribution in [0.2, 0.25) is 0 Å². The zero-order valence-corrected chi connectivity index (χ0v) is 10.2. The first-order chi connectivity index (χ1) is 6.06. The van der Waals surface area contributed by atoms with Crippen LogP contribution in [0.25, 0.3) is 0 Å². The normalized spacial score (nSPS) is 20.2. The van der Waals surface area contributed by atoms with Crippen LogP contribution in [-0.4, -0.2) is 25.0 Å². The molecule has 0 aromatic heterocycles. The molecule has 0 heterocycles. The minimum atomic E-state index is -2.98. The molecule has 1 N–H and O–H groups in total. The highest BCUT2D eigenvalue weighted by atomic mass is 79.9. The SMILES string of the molecule is CC(CCCBr)NS(=O)(=O)C1CC1. The van der Waals surface area contributed by atoms with Gasteiger partial charge in [0.25, 0.3) is 0 Å². The number of rotatable bonds is 6. The molecule has 78 valence electrons. The third-order valence-corrected chi connectivity index (χ3v) is 4.74. The first-order valence-corrected chi connectivity index (χ1v) is 7.30. The van der Waals surface area contributed by atoms with Crippen LogP contribution in [0.5, 0.6) is 0 Å². The Morgan fingerprint density at radius 2 is 2.15 bits per heavy atom. The molecular formula is C8H16BrNO2S. The number of alkyl halides is 1. The van der Waals surface area contributed by atoms with Crippen LogP contribution in [0.15, 0.2) is 0 Å². The lowest BCUT2D eigenvalue weighted by Crippen LogP contribution is -2.35. The van der Waals surface area contributed by atoms with E-state index in [1.54, 1.807) is 0 Å². The Balaban J connectivity index is 2.30. The predicted octanol–water partition coefficient (Wildman–Crippen LogP) is 1.63. The van der Waals surface area contributed by atoms with Crippen molar-refractivity contribution in [1.29, 1.82) is 0 Å². The molecule has 0 saturated heterocycles. The van der Waals surface area contributed by atoms with Crippen molar-refractivity contribution < 1.29 is 8.42 Å². The Bertz CT molecular complexity index is 249. The maximum Gasteiger partial charge on any atom is 0.214 e. The zero-order chi connectivity index (χ0) is 9.90. The lowest BCUT2D eigenvalue weighted by molar-refractivity contribution is 0.544. The van der Waals surface area contributed by atoms with Gasteiger partial charge in [-0.3, -0.25) is 0 Å². The van der Waals surface area contributed by atoms with E-state index in [-0.39, 0.29) is 11.3 Å². The van der Waals surface area contributed by atoms with Crippen LogP contribution in [-0.2, 0) is 10.0 Å². The van der Waals surface area contributed by atoms with E-state index in [0.717, 1.165) is 31.0 Å². The lowest BCUT2D eigenvalue weighted by Gasteiger charge is -2.12. The molecule has 3 nitrogen and oxygen atoms in total. The highest BCUT2D eigenvalue weighted by Gasteiger charge is 2.36. The van der Waals surface area contributed by atoms with E-state index in [9.17, 15) is 8.42 Å². The Hall–Kier alpha value is 0.390. The summed E-state index contributed by atoms with van der Waals surface area (Å²) < 4.78 is 25.6. The molecule has 1 aliphatic rings. The number of halogens is 1. The first kappa shape index (κ1) is 11.5. The molecular weight excluding hydrogens is 254 g/mol. The molecule has 0 aromatic rings. The van der Waals surface area contributed by atoms with E-state index in [1.807, 2.05) is 6.92 Å². The van der Waals surface area contributed by atoms with E-state index in [0.29, 0.717) is 0 Å². The molecule has 13 heavy (non-hydrogen) atoms. The molecule has 0 spiro atoms. The molecule has 1 aliphatic carbocycles.